The molecule has 0 radical (unpaired) electrons. The van der Waals surface area contributed by atoms with E-state index in [1.807, 2.05) is 26.0 Å². The third-order valence-electron chi connectivity index (χ3n) is 2.93. The van der Waals surface area contributed by atoms with E-state index in [1.54, 1.807) is 18.5 Å². The fraction of sp³-hybridized carbons (Fsp3) is 0.267. The molecule has 0 aliphatic carbocycles. The molecule has 0 amide bonds. The summed E-state index contributed by atoms with van der Waals surface area (Å²) < 4.78 is 13.6. The Balaban J connectivity index is 2.48. The first-order valence-corrected chi connectivity index (χ1v) is 6.60. The number of nitrogens with one attached hydrogen (secondary N) is 1. The summed E-state index contributed by atoms with van der Waals surface area (Å²) in [5.41, 5.74) is 2.78. The first kappa shape index (κ1) is 14.0. The lowest BCUT2D eigenvalue weighted by molar-refractivity contribution is 0.602. The van der Waals surface area contributed by atoms with Gasteiger partial charge in [-0.2, -0.15) is 0 Å². The smallest absolute Gasteiger partial charge is 0.142 e. The number of hydrogen-bond acceptors (Lipinski definition) is 2. The summed E-state index contributed by atoms with van der Waals surface area (Å²) in [4.78, 5) is 4.19. The maximum Gasteiger partial charge on any atom is 0.142 e. The average Bonchev–Trinajstić information content (AvgIpc) is 2.40. The molecule has 0 spiro atoms. The topological polar surface area (TPSA) is 24.9 Å². The first-order valence-electron chi connectivity index (χ1n) is 6.22. The number of hydrogen-bond donors (Lipinski definition) is 1. The summed E-state index contributed by atoms with van der Waals surface area (Å²) in [6.07, 6.45) is 3.57. The van der Waals surface area contributed by atoms with E-state index >= 15 is 0 Å². The number of pyridine rings is 1. The van der Waals surface area contributed by atoms with Crippen molar-refractivity contribution >= 4 is 11.6 Å². The second kappa shape index (κ2) is 6.13. The molecule has 2 aromatic rings. The van der Waals surface area contributed by atoms with Crippen LogP contribution in [0.2, 0.25) is 5.02 Å². The van der Waals surface area contributed by atoms with Crippen LogP contribution in [0.1, 0.15) is 29.7 Å². The minimum Gasteiger partial charge on any atom is -0.306 e. The lowest BCUT2D eigenvalue weighted by Gasteiger charge is -2.20. The second-order valence-corrected chi connectivity index (χ2v) is 4.81. The van der Waals surface area contributed by atoms with Gasteiger partial charge >= 0.3 is 0 Å². The van der Waals surface area contributed by atoms with Gasteiger partial charge in [-0.15, -0.1) is 0 Å². The number of nitrogens with zero attached hydrogens (tertiary/aromatic N) is 1. The van der Waals surface area contributed by atoms with E-state index in [4.69, 9.17) is 11.6 Å². The van der Waals surface area contributed by atoms with E-state index in [2.05, 4.69) is 10.3 Å². The van der Waals surface area contributed by atoms with Crippen molar-refractivity contribution in [2.24, 2.45) is 0 Å². The number of halogens is 2. The van der Waals surface area contributed by atoms with Gasteiger partial charge in [0, 0.05) is 12.4 Å². The Morgan fingerprint density at radius 3 is 2.84 bits per heavy atom. The predicted octanol–water partition coefficient (Wildman–Crippen LogP) is 3.88. The van der Waals surface area contributed by atoms with Gasteiger partial charge in [0.05, 0.1) is 11.1 Å². The van der Waals surface area contributed by atoms with Crippen molar-refractivity contribution in [3.05, 3.63) is 64.2 Å². The number of aryl methyl sites for hydroxylation is 1. The molecule has 0 saturated heterocycles. The van der Waals surface area contributed by atoms with E-state index in [9.17, 15) is 4.39 Å². The molecule has 0 aliphatic heterocycles. The maximum absolute atomic E-state index is 13.6. The van der Waals surface area contributed by atoms with E-state index in [0.717, 1.165) is 23.2 Å². The molecule has 0 fully saturated rings. The largest absolute Gasteiger partial charge is 0.306 e. The van der Waals surface area contributed by atoms with Crippen LogP contribution < -0.4 is 5.32 Å². The summed E-state index contributed by atoms with van der Waals surface area (Å²) in [6, 6.07) is 6.75. The van der Waals surface area contributed by atoms with Crippen LogP contribution in [0.3, 0.4) is 0 Å². The molecule has 2 nitrogen and oxygen atoms in total. The summed E-state index contributed by atoms with van der Waals surface area (Å²) in [5, 5.41) is 3.48. The predicted molar refractivity (Wildman–Crippen MR) is 75.9 cm³/mol. The Morgan fingerprint density at radius 2 is 2.16 bits per heavy atom. The number of benzene rings is 1. The van der Waals surface area contributed by atoms with Crippen LogP contribution >= 0.6 is 11.6 Å². The molecule has 1 unspecified atom stereocenters. The molecule has 1 aromatic carbocycles. The molecule has 1 heterocycles. The van der Waals surface area contributed by atoms with Gasteiger partial charge in [0.1, 0.15) is 5.82 Å². The Morgan fingerprint density at radius 1 is 1.37 bits per heavy atom. The highest BCUT2D eigenvalue weighted by Gasteiger charge is 2.18. The standard InChI is InChI=1S/C15H16ClFN2/c1-3-19-15(11-7-10(2)8-18-9-11)12-5-4-6-13(17)14(12)16/h4-9,15,19H,3H2,1-2H3. The zero-order chi connectivity index (χ0) is 13.8. The van der Waals surface area contributed by atoms with Gasteiger partial charge in [0.15, 0.2) is 0 Å². The van der Waals surface area contributed by atoms with Crippen molar-refractivity contribution in [1.29, 1.82) is 0 Å². The van der Waals surface area contributed by atoms with Crippen LogP contribution in [0.15, 0.2) is 36.7 Å². The quantitative estimate of drug-likeness (QED) is 0.918. The van der Waals surface area contributed by atoms with Crippen molar-refractivity contribution in [3.8, 4) is 0 Å². The highest BCUT2D eigenvalue weighted by atomic mass is 35.5. The Kier molecular flexibility index (Phi) is 4.51. The van der Waals surface area contributed by atoms with Crippen LogP contribution in [0, 0.1) is 12.7 Å². The number of aromatic nitrogens is 1. The molecular weight excluding hydrogens is 263 g/mol. The van der Waals surface area contributed by atoms with E-state index in [1.165, 1.54) is 6.07 Å². The highest BCUT2D eigenvalue weighted by molar-refractivity contribution is 6.31. The summed E-state index contributed by atoms with van der Waals surface area (Å²) in [7, 11) is 0. The van der Waals surface area contributed by atoms with Crippen LogP contribution in [-0.2, 0) is 0 Å². The lowest BCUT2D eigenvalue weighted by atomic mass is 9.99. The molecule has 0 aliphatic rings. The Labute approximate surface area is 117 Å². The average molecular weight is 279 g/mol. The van der Waals surface area contributed by atoms with Crippen LogP contribution in [-0.4, -0.2) is 11.5 Å². The molecule has 1 atom stereocenters. The lowest BCUT2D eigenvalue weighted by Crippen LogP contribution is -2.22. The van der Waals surface area contributed by atoms with Crippen molar-refractivity contribution in [2.75, 3.05) is 6.54 Å². The summed E-state index contributed by atoms with van der Waals surface area (Å²) in [6.45, 7) is 4.74. The van der Waals surface area contributed by atoms with Crippen molar-refractivity contribution in [3.63, 3.8) is 0 Å². The van der Waals surface area contributed by atoms with Gasteiger partial charge in [-0.1, -0.05) is 36.7 Å². The molecule has 0 saturated carbocycles. The van der Waals surface area contributed by atoms with Gasteiger partial charge < -0.3 is 5.32 Å². The van der Waals surface area contributed by atoms with Gasteiger partial charge in [-0.25, -0.2) is 4.39 Å². The van der Waals surface area contributed by atoms with Crippen molar-refractivity contribution in [1.82, 2.24) is 10.3 Å². The maximum atomic E-state index is 13.6. The minimum atomic E-state index is -0.400. The van der Waals surface area contributed by atoms with E-state index < -0.39 is 5.82 Å². The molecule has 1 aromatic heterocycles. The van der Waals surface area contributed by atoms with Crippen molar-refractivity contribution < 1.29 is 4.39 Å². The molecule has 19 heavy (non-hydrogen) atoms. The van der Waals surface area contributed by atoms with Gasteiger partial charge in [0.2, 0.25) is 0 Å². The Hall–Kier alpha value is -1.45. The Bertz CT molecular complexity index is 572. The monoisotopic (exact) mass is 278 g/mol. The molecular formula is C15H16ClFN2. The van der Waals surface area contributed by atoms with E-state index in [-0.39, 0.29) is 11.1 Å². The fourth-order valence-corrected chi connectivity index (χ4v) is 2.33. The third kappa shape index (κ3) is 3.11. The zero-order valence-corrected chi connectivity index (χ0v) is 11.7. The van der Waals surface area contributed by atoms with Gasteiger partial charge in [0.25, 0.3) is 0 Å². The second-order valence-electron chi connectivity index (χ2n) is 4.43. The third-order valence-corrected chi connectivity index (χ3v) is 3.33. The molecule has 0 bridgehead atoms. The molecule has 2 rings (SSSR count). The van der Waals surface area contributed by atoms with Gasteiger partial charge in [-0.3, -0.25) is 4.98 Å². The van der Waals surface area contributed by atoms with Crippen LogP contribution in [0.25, 0.3) is 0 Å². The fourth-order valence-electron chi connectivity index (χ4n) is 2.09. The number of rotatable bonds is 4. The van der Waals surface area contributed by atoms with Gasteiger partial charge in [-0.05, 0) is 36.2 Å². The normalized spacial score (nSPS) is 12.4. The molecule has 100 valence electrons. The molecule has 4 heteroatoms. The zero-order valence-electron chi connectivity index (χ0n) is 11.0. The van der Waals surface area contributed by atoms with E-state index in [0.29, 0.717) is 0 Å². The highest BCUT2D eigenvalue weighted by Crippen LogP contribution is 2.30. The van der Waals surface area contributed by atoms with Crippen LogP contribution in [0.5, 0.6) is 0 Å². The SMILES string of the molecule is CCNC(c1cncc(C)c1)c1cccc(F)c1Cl. The first-order chi connectivity index (χ1) is 9.13. The summed E-state index contributed by atoms with van der Waals surface area (Å²) in [5.74, 6) is -0.400. The summed E-state index contributed by atoms with van der Waals surface area (Å²) >= 11 is 6.08. The van der Waals surface area contributed by atoms with Crippen molar-refractivity contribution in [2.45, 2.75) is 19.9 Å². The minimum absolute atomic E-state index is 0.152. The van der Waals surface area contributed by atoms with Crippen LogP contribution in [0.4, 0.5) is 4.39 Å². The molecule has 1 N–H and O–H groups in total.